The first-order valence-electron chi connectivity index (χ1n) is 5.05. The molecular formula is C12H9ClF3N. The molecule has 0 saturated carbocycles. The minimum absolute atomic E-state index is 0.0180. The van der Waals surface area contributed by atoms with Gasteiger partial charge in [0, 0.05) is 11.8 Å². The largest absolute Gasteiger partial charge is 0.249 e. The number of halogens is 4. The maximum Gasteiger partial charge on any atom is 0.169 e. The van der Waals surface area contributed by atoms with Gasteiger partial charge in [-0.15, -0.1) is 0 Å². The molecule has 90 valence electrons. The molecule has 1 nitrogen and oxygen atoms in total. The maximum atomic E-state index is 13.5. The van der Waals surface area contributed by atoms with Crippen LogP contribution in [0.4, 0.5) is 13.2 Å². The van der Waals surface area contributed by atoms with Gasteiger partial charge in [0.2, 0.25) is 0 Å². The molecule has 0 atom stereocenters. The van der Waals surface area contributed by atoms with Crippen molar-refractivity contribution < 1.29 is 13.2 Å². The predicted octanol–water partition coefficient (Wildman–Crippen LogP) is 4.43. The summed E-state index contributed by atoms with van der Waals surface area (Å²) in [6.07, 6.45) is 0. The Bertz CT molecular complexity index is 596. The van der Waals surface area contributed by atoms with Crippen LogP contribution in [0, 0.1) is 17.5 Å². The van der Waals surface area contributed by atoms with Crippen molar-refractivity contribution in [2.45, 2.75) is 19.8 Å². The fourth-order valence-electron chi connectivity index (χ4n) is 1.57. The van der Waals surface area contributed by atoms with Crippen LogP contribution in [0.25, 0.3) is 10.9 Å². The van der Waals surface area contributed by atoms with Crippen LogP contribution in [0.3, 0.4) is 0 Å². The third kappa shape index (κ3) is 1.97. The number of hydrogen-bond acceptors (Lipinski definition) is 1. The zero-order valence-electron chi connectivity index (χ0n) is 9.19. The van der Waals surface area contributed by atoms with Gasteiger partial charge in [0.25, 0.3) is 0 Å². The van der Waals surface area contributed by atoms with Crippen molar-refractivity contribution in [1.82, 2.24) is 4.98 Å². The Kier molecular flexibility index (Phi) is 3.00. The molecule has 0 radical (unpaired) electrons. The maximum absolute atomic E-state index is 13.5. The monoisotopic (exact) mass is 259 g/mol. The molecule has 5 heteroatoms. The smallest absolute Gasteiger partial charge is 0.169 e. The van der Waals surface area contributed by atoms with Gasteiger partial charge in [-0.05, 0) is 12.0 Å². The minimum Gasteiger partial charge on any atom is -0.249 e. The Morgan fingerprint density at radius 2 is 1.76 bits per heavy atom. The topological polar surface area (TPSA) is 12.9 Å². The second-order valence-corrected chi connectivity index (χ2v) is 4.47. The molecular weight excluding hydrogens is 251 g/mol. The lowest BCUT2D eigenvalue weighted by molar-refractivity contribution is 0.505. The van der Waals surface area contributed by atoms with Crippen molar-refractivity contribution >= 4 is 22.5 Å². The van der Waals surface area contributed by atoms with E-state index in [9.17, 15) is 13.2 Å². The fourth-order valence-corrected chi connectivity index (χ4v) is 1.86. The number of aromatic nitrogens is 1. The van der Waals surface area contributed by atoms with Gasteiger partial charge < -0.3 is 0 Å². The SMILES string of the molecule is CC(C)c1cc(Cl)c2c(F)c(F)cc(F)c2n1. The number of nitrogens with zero attached hydrogens (tertiary/aromatic N) is 1. The molecule has 0 unspecified atom stereocenters. The van der Waals surface area contributed by atoms with Crippen molar-refractivity contribution in [3.05, 3.63) is 40.3 Å². The van der Waals surface area contributed by atoms with Gasteiger partial charge in [-0.25, -0.2) is 18.2 Å². The van der Waals surface area contributed by atoms with E-state index >= 15 is 0 Å². The Hall–Kier alpha value is -1.29. The first-order valence-corrected chi connectivity index (χ1v) is 5.43. The third-order valence-corrected chi connectivity index (χ3v) is 2.79. The standard InChI is InChI=1S/C12H9ClF3N/c1-5(2)9-3-6(13)10-11(16)7(14)4-8(15)12(10)17-9/h3-5H,1-2H3. The quantitative estimate of drug-likeness (QED) is 0.691. The van der Waals surface area contributed by atoms with Gasteiger partial charge in [-0.3, -0.25) is 0 Å². The van der Waals surface area contributed by atoms with Crippen molar-refractivity contribution in [1.29, 1.82) is 0 Å². The molecule has 0 aliphatic rings. The highest BCUT2D eigenvalue weighted by Gasteiger charge is 2.18. The fraction of sp³-hybridized carbons (Fsp3) is 0.250. The molecule has 0 bridgehead atoms. The average molecular weight is 260 g/mol. The molecule has 2 rings (SSSR count). The van der Waals surface area contributed by atoms with E-state index in [2.05, 4.69) is 4.98 Å². The lowest BCUT2D eigenvalue weighted by Crippen LogP contribution is -1.99. The van der Waals surface area contributed by atoms with Crippen LogP contribution in [-0.2, 0) is 0 Å². The number of benzene rings is 1. The average Bonchev–Trinajstić information content (AvgIpc) is 2.25. The highest BCUT2D eigenvalue weighted by atomic mass is 35.5. The predicted molar refractivity (Wildman–Crippen MR) is 60.7 cm³/mol. The van der Waals surface area contributed by atoms with Crippen molar-refractivity contribution in [2.24, 2.45) is 0 Å². The molecule has 0 fully saturated rings. The number of rotatable bonds is 1. The summed E-state index contributed by atoms with van der Waals surface area (Å²) in [6, 6.07) is 1.90. The van der Waals surface area contributed by atoms with E-state index in [0.29, 0.717) is 11.8 Å². The molecule has 1 heterocycles. The zero-order chi connectivity index (χ0) is 12.7. The summed E-state index contributed by atoms with van der Waals surface area (Å²) in [5, 5.41) is -0.344. The number of fused-ring (bicyclic) bond motifs is 1. The van der Waals surface area contributed by atoms with Gasteiger partial charge in [0.1, 0.15) is 5.52 Å². The molecule has 0 N–H and O–H groups in total. The van der Waals surface area contributed by atoms with Crippen LogP contribution in [0.5, 0.6) is 0 Å². The molecule has 17 heavy (non-hydrogen) atoms. The van der Waals surface area contributed by atoms with Crippen LogP contribution in [-0.4, -0.2) is 4.98 Å². The first-order chi connectivity index (χ1) is 7.91. The minimum atomic E-state index is -1.27. The summed E-state index contributed by atoms with van der Waals surface area (Å²) in [5.74, 6) is -3.34. The Labute approximate surface area is 101 Å². The van der Waals surface area contributed by atoms with E-state index in [1.54, 1.807) is 0 Å². The second kappa shape index (κ2) is 4.18. The molecule has 1 aromatic heterocycles. The normalized spacial score (nSPS) is 11.5. The van der Waals surface area contributed by atoms with Crippen LogP contribution in [0.2, 0.25) is 5.02 Å². The van der Waals surface area contributed by atoms with E-state index in [1.807, 2.05) is 13.8 Å². The highest BCUT2D eigenvalue weighted by molar-refractivity contribution is 6.35. The summed E-state index contributed by atoms with van der Waals surface area (Å²) >= 11 is 5.84. The number of hydrogen-bond donors (Lipinski definition) is 0. The van der Waals surface area contributed by atoms with E-state index in [-0.39, 0.29) is 21.8 Å². The summed E-state index contributed by atoms with van der Waals surface area (Å²) in [4.78, 5) is 3.97. The second-order valence-electron chi connectivity index (χ2n) is 4.06. The van der Waals surface area contributed by atoms with Crippen molar-refractivity contribution in [2.75, 3.05) is 0 Å². The summed E-state index contributed by atoms with van der Waals surface area (Å²) in [7, 11) is 0. The molecule has 0 amide bonds. The first kappa shape index (κ1) is 12.2. The van der Waals surface area contributed by atoms with Gasteiger partial charge >= 0.3 is 0 Å². The van der Waals surface area contributed by atoms with Gasteiger partial charge in [-0.2, -0.15) is 0 Å². The van der Waals surface area contributed by atoms with Gasteiger partial charge in [-0.1, -0.05) is 25.4 Å². The molecule has 0 aliphatic carbocycles. The zero-order valence-corrected chi connectivity index (χ0v) is 9.95. The lowest BCUT2D eigenvalue weighted by Gasteiger charge is -2.09. The van der Waals surface area contributed by atoms with Gasteiger partial charge in [0.05, 0.1) is 10.4 Å². The highest BCUT2D eigenvalue weighted by Crippen LogP contribution is 2.31. The number of pyridine rings is 1. The van der Waals surface area contributed by atoms with Crippen LogP contribution in [0.1, 0.15) is 25.5 Å². The molecule has 0 aliphatic heterocycles. The van der Waals surface area contributed by atoms with E-state index in [1.165, 1.54) is 6.07 Å². The lowest BCUT2D eigenvalue weighted by atomic mass is 10.1. The third-order valence-electron chi connectivity index (χ3n) is 2.49. The van der Waals surface area contributed by atoms with E-state index in [0.717, 1.165) is 0 Å². The molecule has 0 saturated heterocycles. The summed E-state index contributed by atoms with van der Waals surface area (Å²) in [6.45, 7) is 3.70. The Morgan fingerprint density at radius 1 is 1.12 bits per heavy atom. The summed E-state index contributed by atoms with van der Waals surface area (Å²) < 4.78 is 40.1. The van der Waals surface area contributed by atoms with E-state index in [4.69, 9.17) is 11.6 Å². The Morgan fingerprint density at radius 3 is 2.35 bits per heavy atom. The van der Waals surface area contributed by atoms with Crippen LogP contribution in [0.15, 0.2) is 12.1 Å². The van der Waals surface area contributed by atoms with Crippen molar-refractivity contribution in [3.8, 4) is 0 Å². The van der Waals surface area contributed by atoms with Crippen LogP contribution < -0.4 is 0 Å². The van der Waals surface area contributed by atoms with Crippen LogP contribution >= 0.6 is 11.6 Å². The Balaban J connectivity index is 2.90. The molecule has 0 spiro atoms. The summed E-state index contributed by atoms with van der Waals surface area (Å²) in [5.41, 5.74) is 0.299. The van der Waals surface area contributed by atoms with E-state index < -0.39 is 17.5 Å². The molecule has 1 aromatic carbocycles. The molecule has 2 aromatic rings. The van der Waals surface area contributed by atoms with Gasteiger partial charge in [0.15, 0.2) is 17.5 Å². The van der Waals surface area contributed by atoms with Crippen molar-refractivity contribution in [3.63, 3.8) is 0 Å².